The van der Waals surface area contributed by atoms with Crippen molar-refractivity contribution in [2.24, 2.45) is 0 Å². The van der Waals surface area contributed by atoms with Gasteiger partial charge >= 0.3 is 5.97 Å². The lowest BCUT2D eigenvalue weighted by molar-refractivity contribution is -0.143. The van der Waals surface area contributed by atoms with E-state index in [1.54, 1.807) is 0 Å². The number of allylic oxidation sites excluding steroid dienone is 6. The number of aliphatic hydroxyl groups excluding tert-OH is 2. The number of amides is 1. The third-order valence-corrected chi connectivity index (χ3v) is 19.4. The van der Waals surface area contributed by atoms with E-state index < -0.39 is 12.1 Å². The van der Waals surface area contributed by atoms with Crippen molar-refractivity contribution in [2.75, 3.05) is 13.2 Å². The van der Waals surface area contributed by atoms with Crippen molar-refractivity contribution in [3.05, 3.63) is 36.5 Å². The maximum Gasteiger partial charge on any atom is 0.305 e. The van der Waals surface area contributed by atoms with Gasteiger partial charge in [-0.15, -0.1) is 0 Å². The third kappa shape index (κ3) is 75.1. The lowest BCUT2D eigenvalue weighted by Crippen LogP contribution is -2.45. The topological polar surface area (TPSA) is 95.9 Å². The van der Waals surface area contributed by atoms with Gasteiger partial charge in [-0.3, -0.25) is 9.59 Å². The van der Waals surface area contributed by atoms with Crippen molar-refractivity contribution < 1.29 is 24.5 Å². The Kier molecular flexibility index (Phi) is 77.8. The highest BCUT2D eigenvalue weighted by Gasteiger charge is 2.20. The van der Waals surface area contributed by atoms with Gasteiger partial charge in [-0.05, 0) is 83.5 Å². The summed E-state index contributed by atoms with van der Waals surface area (Å²) in [6.45, 7) is 4.98. The zero-order valence-corrected chi connectivity index (χ0v) is 61.1. The Hall–Kier alpha value is -1.92. The van der Waals surface area contributed by atoms with Gasteiger partial charge < -0.3 is 20.3 Å². The number of rotatable bonds is 78. The summed E-state index contributed by atoms with van der Waals surface area (Å²) in [5.74, 6) is -0.0116. The zero-order chi connectivity index (χ0) is 64.9. The number of esters is 1. The van der Waals surface area contributed by atoms with Crippen molar-refractivity contribution in [3.8, 4) is 0 Å². The fourth-order valence-corrected chi connectivity index (χ4v) is 13.1. The third-order valence-electron chi connectivity index (χ3n) is 19.4. The molecule has 0 aliphatic carbocycles. The lowest BCUT2D eigenvalue weighted by Gasteiger charge is -2.22. The molecular weight excluding hydrogens is 1100 g/mol. The first-order chi connectivity index (χ1) is 44.5. The van der Waals surface area contributed by atoms with Crippen LogP contribution in [0.1, 0.15) is 463 Å². The Labute approximate surface area is 564 Å². The van der Waals surface area contributed by atoms with Crippen molar-refractivity contribution in [1.29, 1.82) is 0 Å². The minimum absolute atomic E-state index is 0.0149. The summed E-state index contributed by atoms with van der Waals surface area (Å²) < 4.78 is 5.51. The van der Waals surface area contributed by atoms with E-state index in [2.05, 4.69) is 55.6 Å². The zero-order valence-electron chi connectivity index (χ0n) is 61.1. The monoisotopic (exact) mass is 1260 g/mol. The van der Waals surface area contributed by atoms with E-state index in [-0.39, 0.29) is 18.5 Å². The molecule has 0 aliphatic heterocycles. The molecule has 0 fully saturated rings. The van der Waals surface area contributed by atoms with Crippen LogP contribution in [0.15, 0.2) is 36.5 Å². The van der Waals surface area contributed by atoms with E-state index in [1.807, 2.05) is 0 Å². The first-order valence-electron chi connectivity index (χ1n) is 41.2. The van der Waals surface area contributed by atoms with Crippen LogP contribution in [0, 0.1) is 0 Å². The smallest absolute Gasteiger partial charge is 0.305 e. The summed E-state index contributed by atoms with van der Waals surface area (Å²) in [5, 5.41) is 23.4. The summed E-state index contributed by atoms with van der Waals surface area (Å²) in [7, 11) is 0. The van der Waals surface area contributed by atoms with Gasteiger partial charge in [0.05, 0.1) is 25.4 Å². The van der Waals surface area contributed by atoms with Gasteiger partial charge in [-0.1, -0.05) is 403 Å². The van der Waals surface area contributed by atoms with Crippen LogP contribution in [0.4, 0.5) is 0 Å². The van der Waals surface area contributed by atoms with Crippen molar-refractivity contribution in [3.63, 3.8) is 0 Å². The molecule has 0 aliphatic rings. The van der Waals surface area contributed by atoms with Crippen molar-refractivity contribution in [1.82, 2.24) is 5.32 Å². The lowest BCUT2D eigenvalue weighted by atomic mass is 10.0. The van der Waals surface area contributed by atoms with Crippen LogP contribution < -0.4 is 5.32 Å². The standard InChI is InChI=1S/C84H161NO5/c1-3-5-7-9-11-13-15-17-19-21-44-48-52-56-60-64-68-72-76-82(87)81(80-86)85-83(88)77-73-69-65-61-57-53-49-45-42-40-38-36-34-32-30-28-26-24-23-25-27-29-31-33-35-37-39-41-43-47-51-55-59-63-67-71-75-79-90-84(89)78-74-70-66-62-58-54-50-46-22-20-18-16-14-12-10-8-6-4-2/h14,16,20,22-23,25,81-82,86-87H,3-13,15,17-19,21,24,26-80H2,1-2H3,(H,85,88)/b16-14-,22-20-,25-23-. The van der Waals surface area contributed by atoms with E-state index in [9.17, 15) is 19.8 Å². The molecule has 0 rings (SSSR count). The SMILES string of the molecule is CCCCCC/C=C\C/C=C\CCCCCCCCCC(=O)OCCCCCCCCCCCCCCCCCC/C=C\CCCCCCCCCCCCCCCCCCCC(=O)NC(CO)C(O)CCCCCCCCCCCCCCCCCCCC. The van der Waals surface area contributed by atoms with E-state index in [0.29, 0.717) is 25.9 Å². The van der Waals surface area contributed by atoms with Gasteiger partial charge in [0.25, 0.3) is 0 Å². The van der Waals surface area contributed by atoms with Crippen LogP contribution in [-0.4, -0.2) is 47.4 Å². The molecule has 0 bridgehead atoms. The number of hydrogen-bond donors (Lipinski definition) is 3. The number of aliphatic hydroxyl groups is 2. The first kappa shape index (κ1) is 88.1. The largest absolute Gasteiger partial charge is 0.466 e. The molecule has 1 amide bonds. The minimum Gasteiger partial charge on any atom is -0.466 e. The van der Waals surface area contributed by atoms with E-state index in [1.165, 1.54) is 379 Å². The number of carbonyl (C=O) groups is 2. The number of carbonyl (C=O) groups excluding carboxylic acids is 2. The Bertz CT molecular complexity index is 1460. The molecule has 3 N–H and O–H groups in total. The summed E-state index contributed by atoms with van der Waals surface area (Å²) in [5.41, 5.74) is 0. The second-order valence-electron chi connectivity index (χ2n) is 28.5. The molecular formula is C84H161NO5. The van der Waals surface area contributed by atoms with Gasteiger partial charge in [0.1, 0.15) is 0 Å². The number of ether oxygens (including phenoxy) is 1. The average molecular weight is 1270 g/mol. The van der Waals surface area contributed by atoms with Gasteiger partial charge in [0.2, 0.25) is 5.91 Å². The van der Waals surface area contributed by atoms with Crippen molar-refractivity contribution >= 4 is 11.9 Å². The maximum atomic E-state index is 12.6. The highest BCUT2D eigenvalue weighted by Crippen LogP contribution is 2.20. The number of hydrogen-bond acceptors (Lipinski definition) is 5. The Morgan fingerprint density at radius 1 is 0.311 bits per heavy atom. The molecule has 2 unspecified atom stereocenters. The first-order valence-corrected chi connectivity index (χ1v) is 41.2. The molecule has 0 aromatic rings. The molecule has 0 heterocycles. The normalized spacial score (nSPS) is 12.6. The molecule has 0 saturated heterocycles. The highest BCUT2D eigenvalue weighted by molar-refractivity contribution is 5.76. The van der Waals surface area contributed by atoms with Gasteiger partial charge in [-0.25, -0.2) is 0 Å². The van der Waals surface area contributed by atoms with Crippen LogP contribution in [0.3, 0.4) is 0 Å². The molecule has 0 saturated carbocycles. The minimum atomic E-state index is -0.662. The second kappa shape index (κ2) is 79.5. The van der Waals surface area contributed by atoms with Crippen LogP contribution >= 0.6 is 0 Å². The van der Waals surface area contributed by atoms with E-state index in [0.717, 1.165) is 51.4 Å². The molecule has 2 atom stereocenters. The highest BCUT2D eigenvalue weighted by atomic mass is 16.5. The average Bonchev–Trinajstić information content (AvgIpc) is 3.69. The molecule has 6 nitrogen and oxygen atoms in total. The fourth-order valence-electron chi connectivity index (χ4n) is 13.1. The summed E-state index contributed by atoms with van der Waals surface area (Å²) in [4.78, 5) is 24.7. The van der Waals surface area contributed by atoms with Crippen molar-refractivity contribution in [2.45, 2.75) is 475 Å². The molecule has 0 radical (unpaired) electrons. The number of nitrogens with one attached hydrogen (secondary N) is 1. The van der Waals surface area contributed by atoms with Gasteiger partial charge in [0, 0.05) is 12.8 Å². The predicted molar refractivity (Wildman–Crippen MR) is 398 cm³/mol. The summed E-state index contributed by atoms with van der Waals surface area (Å²) >= 11 is 0. The Morgan fingerprint density at radius 3 is 0.867 bits per heavy atom. The summed E-state index contributed by atoms with van der Waals surface area (Å²) in [6.07, 6.45) is 104. The summed E-state index contributed by atoms with van der Waals surface area (Å²) in [6, 6.07) is -0.539. The predicted octanol–water partition coefficient (Wildman–Crippen LogP) is 27.4. The van der Waals surface area contributed by atoms with E-state index >= 15 is 0 Å². The molecule has 6 heteroatoms. The van der Waals surface area contributed by atoms with Crippen LogP contribution in [0.5, 0.6) is 0 Å². The quantitative estimate of drug-likeness (QED) is 0.0320. The molecule has 0 spiro atoms. The molecule has 90 heavy (non-hydrogen) atoms. The van der Waals surface area contributed by atoms with E-state index in [4.69, 9.17) is 4.74 Å². The molecule has 0 aromatic heterocycles. The van der Waals surface area contributed by atoms with Crippen LogP contribution in [0.25, 0.3) is 0 Å². The molecule has 0 aromatic carbocycles. The Balaban J connectivity index is 3.33. The number of unbranched alkanes of at least 4 members (excludes halogenated alkanes) is 61. The fraction of sp³-hybridized carbons (Fsp3) is 0.905. The van der Waals surface area contributed by atoms with Crippen LogP contribution in [-0.2, 0) is 14.3 Å². The Morgan fingerprint density at radius 2 is 0.556 bits per heavy atom. The maximum absolute atomic E-state index is 12.6. The van der Waals surface area contributed by atoms with Gasteiger partial charge in [0.15, 0.2) is 0 Å². The second-order valence-corrected chi connectivity index (χ2v) is 28.5. The van der Waals surface area contributed by atoms with Crippen LogP contribution in [0.2, 0.25) is 0 Å². The molecule has 532 valence electrons. The van der Waals surface area contributed by atoms with Gasteiger partial charge in [-0.2, -0.15) is 0 Å².